The van der Waals surface area contributed by atoms with E-state index in [1.807, 2.05) is 19.1 Å². The van der Waals surface area contributed by atoms with Gasteiger partial charge in [0.1, 0.15) is 5.75 Å². The van der Waals surface area contributed by atoms with Crippen molar-refractivity contribution >= 4 is 11.4 Å². The second kappa shape index (κ2) is 4.01. The highest BCUT2D eigenvalue weighted by Gasteiger charge is 2.26. The standard InChI is InChI=1S/C12H18N2O/c1-3-15-12-8-10(6-7-11(12)13)14(2)9-4-5-9/h6-9H,3-5,13H2,1-2H3. The van der Waals surface area contributed by atoms with Gasteiger partial charge in [0.05, 0.1) is 12.3 Å². The van der Waals surface area contributed by atoms with Crippen molar-refractivity contribution in [3.05, 3.63) is 18.2 Å². The fourth-order valence-electron chi connectivity index (χ4n) is 1.70. The van der Waals surface area contributed by atoms with Crippen LogP contribution in [0.5, 0.6) is 5.75 Å². The van der Waals surface area contributed by atoms with Crippen LogP contribution in [0.1, 0.15) is 19.8 Å². The minimum atomic E-state index is 0.654. The predicted molar refractivity (Wildman–Crippen MR) is 63.4 cm³/mol. The first kappa shape index (κ1) is 10.1. The Balaban J connectivity index is 2.20. The average molecular weight is 206 g/mol. The largest absolute Gasteiger partial charge is 0.492 e. The normalized spacial score (nSPS) is 15.1. The molecule has 0 unspecified atom stereocenters. The maximum Gasteiger partial charge on any atom is 0.144 e. The molecular weight excluding hydrogens is 188 g/mol. The van der Waals surface area contributed by atoms with E-state index in [9.17, 15) is 0 Å². The van der Waals surface area contributed by atoms with Crippen molar-refractivity contribution in [1.29, 1.82) is 0 Å². The van der Waals surface area contributed by atoms with Gasteiger partial charge in [0.25, 0.3) is 0 Å². The second-order valence-corrected chi connectivity index (χ2v) is 4.00. The zero-order chi connectivity index (χ0) is 10.8. The molecule has 0 amide bonds. The molecule has 1 aliphatic rings. The number of hydrogen-bond acceptors (Lipinski definition) is 3. The lowest BCUT2D eigenvalue weighted by Crippen LogP contribution is -2.19. The van der Waals surface area contributed by atoms with Crippen LogP contribution in [0.2, 0.25) is 0 Å². The molecule has 0 saturated heterocycles. The summed E-state index contributed by atoms with van der Waals surface area (Å²) in [6, 6.07) is 6.70. The summed E-state index contributed by atoms with van der Waals surface area (Å²) in [5.41, 5.74) is 7.73. The van der Waals surface area contributed by atoms with Crippen LogP contribution in [-0.2, 0) is 0 Å². The van der Waals surface area contributed by atoms with Crippen LogP contribution in [0.3, 0.4) is 0 Å². The summed E-state index contributed by atoms with van der Waals surface area (Å²) in [6.45, 7) is 2.62. The average Bonchev–Trinajstić information content (AvgIpc) is 3.04. The van der Waals surface area contributed by atoms with E-state index in [-0.39, 0.29) is 0 Å². The van der Waals surface area contributed by atoms with Gasteiger partial charge in [0.15, 0.2) is 0 Å². The van der Waals surface area contributed by atoms with E-state index in [0.717, 1.165) is 5.75 Å². The lowest BCUT2D eigenvalue weighted by molar-refractivity contribution is 0.342. The number of nitrogen functional groups attached to an aromatic ring is 1. The third kappa shape index (κ3) is 2.17. The topological polar surface area (TPSA) is 38.5 Å². The van der Waals surface area contributed by atoms with Crippen molar-refractivity contribution in [2.24, 2.45) is 0 Å². The Hall–Kier alpha value is -1.38. The number of benzene rings is 1. The first-order chi connectivity index (χ1) is 7.22. The van der Waals surface area contributed by atoms with Crippen LogP contribution in [0, 0.1) is 0 Å². The molecular formula is C12H18N2O. The SMILES string of the molecule is CCOc1cc(N(C)C2CC2)ccc1N. The van der Waals surface area contributed by atoms with E-state index in [2.05, 4.69) is 18.0 Å². The van der Waals surface area contributed by atoms with Crippen molar-refractivity contribution in [1.82, 2.24) is 0 Å². The second-order valence-electron chi connectivity index (χ2n) is 4.00. The van der Waals surface area contributed by atoms with E-state index >= 15 is 0 Å². The number of anilines is 2. The maximum absolute atomic E-state index is 5.82. The Morgan fingerprint density at radius 1 is 1.47 bits per heavy atom. The fraction of sp³-hybridized carbons (Fsp3) is 0.500. The molecule has 2 rings (SSSR count). The summed E-state index contributed by atoms with van der Waals surface area (Å²) >= 11 is 0. The lowest BCUT2D eigenvalue weighted by Gasteiger charge is -2.20. The number of hydrogen-bond donors (Lipinski definition) is 1. The molecule has 1 fully saturated rings. The molecule has 15 heavy (non-hydrogen) atoms. The van der Waals surface area contributed by atoms with Gasteiger partial charge in [-0.15, -0.1) is 0 Å². The van der Waals surface area contributed by atoms with E-state index in [4.69, 9.17) is 10.5 Å². The van der Waals surface area contributed by atoms with Crippen molar-refractivity contribution in [3.8, 4) is 5.75 Å². The highest BCUT2D eigenvalue weighted by Crippen LogP contribution is 2.33. The van der Waals surface area contributed by atoms with Crippen LogP contribution in [-0.4, -0.2) is 19.7 Å². The molecule has 1 aromatic rings. The Morgan fingerprint density at radius 2 is 2.20 bits per heavy atom. The fourth-order valence-corrected chi connectivity index (χ4v) is 1.70. The zero-order valence-corrected chi connectivity index (χ0v) is 9.36. The van der Waals surface area contributed by atoms with E-state index in [1.54, 1.807) is 0 Å². The van der Waals surface area contributed by atoms with Crippen molar-refractivity contribution in [2.75, 3.05) is 24.3 Å². The molecule has 0 aromatic heterocycles. The lowest BCUT2D eigenvalue weighted by atomic mass is 10.2. The Kier molecular flexibility index (Phi) is 2.71. The molecule has 0 heterocycles. The molecule has 0 bridgehead atoms. The van der Waals surface area contributed by atoms with Gasteiger partial charge in [-0.1, -0.05) is 0 Å². The van der Waals surface area contributed by atoms with Gasteiger partial charge < -0.3 is 15.4 Å². The predicted octanol–water partition coefficient (Wildman–Crippen LogP) is 2.27. The van der Waals surface area contributed by atoms with E-state index in [1.165, 1.54) is 18.5 Å². The molecule has 82 valence electrons. The third-order valence-electron chi connectivity index (χ3n) is 2.80. The van der Waals surface area contributed by atoms with Gasteiger partial charge in [-0.3, -0.25) is 0 Å². The van der Waals surface area contributed by atoms with Gasteiger partial charge in [-0.05, 0) is 31.9 Å². The monoisotopic (exact) mass is 206 g/mol. The number of nitrogens with two attached hydrogens (primary N) is 1. The smallest absolute Gasteiger partial charge is 0.144 e. The Labute approximate surface area is 90.8 Å². The van der Waals surface area contributed by atoms with Gasteiger partial charge in [-0.2, -0.15) is 0 Å². The molecule has 0 spiro atoms. The summed E-state index contributed by atoms with van der Waals surface area (Å²) in [4.78, 5) is 2.29. The first-order valence-corrected chi connectivity index (χ1v) is 5.47. The molecule has 2 N–H and O–H groups in total. The Morgan fingerprint density at radius 3 is 2.80 bits per heavy atom. The summed E-state index contributed by atoms with van der Waals surface area (Å²) in [7, 11) is 2.12. The minimum Gasteiger partial charge on any atom is -0.492 e. The van der Waals surface area contributed by atoms with Gasteiger partial charge in [0, 0.05) is 24.8 Å². The molecule has 1 aromatic carbocycles. The molecule has 3 heteroatoms. The van der Waals surface area contributed by atoms with E-state index < -0.39 is 0 Å². The van der Waals surface area contributed by atoms with Crippen molar-refractivity contribution in [3.63, 3.8) is 0 Å². The van der Waals surface area contributed by atoms with Gasteiger partial charge in [-0.25, -0.2) is 0 Å². The molecule has 0 atom stereocenters. The summed E-state index contributed by atoms with van der Waals surface area (Å²) in [5, 5.41) is 0. The number of ether oxygens (including phenoxy) is 1. The molecule has 1 aliphatic carbocycles. The summed E-state index contributed by atoms with van der Waals surface area (Å²) in [5.74, 6) is 0.794. The molecule has 0 aliphatic heterocycles. The highest BCUT2D eigenvalue weighted by atomic mass is 16.5. The maximum atomic E-state index is 5.82. The van der Waals surface area contributed by atoms with Crippen LogP contribution < -0.4 is 15.4 Å². The van der Waals surface area contributed by atoms with Gasteiger partial charge >= 0.3 is 0 Å². The minimum absolute atomic E-state index is 0.654. The molecule has 3 nitrogen and oxygen atoms in total. The highest BCUT2D eigenvalue weighted by molar-refractivity contribution is 5.62. The van der Waals surface area contributed by atoms with Crippen LogP contribution in [0.25, 0.3) is 0 Å². The number of rotatable bonds is 4. The van der Waals surface area contributed by atoms with E-state index in [0.29, 0.717) is 18.3 Å². The van der Waals surface area contributed by atoms with Crippen LogP contribution in [0.4, 0.5) is 11.4 Å². The Bertz CT molecular complexity index is 347. The van der Waals surface area contributed by atoms with Crippen LogP contribution >= 0.6 is 0 Å². The van der Waals surface area contributed by atoms with Crippen molar-refractivity contribution < 1.29 is 4.74 Å². The quantitative estimate of drug-likeness (QED) is 0.768. The molecule has 0 radical (unpaired) electrons. The number of nitrogens with zero attached hydrogens (tertiary/aromatic N) is 1. The van der Waals surface area contributed by atoms with Crippen molar-refractivity contribution in [2.45, 2.75) is 25.8 Å². The first-order valence-electron chi connectivity index (χ1n) is 5.47. The van der Waals surface area contributed by atoms with Gasteiger partial charge in [0.2, 0.25) is 0 Å². The molecule has 1 saturated carbocycles. The zero-order valence-electron chi connectivity index (χ0n) is 9.36. The summed E-state index contributed by atoms with van der Waals surface area (Å²) in [6.07, 6.45) is 2.59. The summed E-state index contributed by atoms with van der Waals surface area (Å²) < 4.78 is 5.48. The van der Waals surface area contributed by atoms with Crippen LogP contribution in [0.15, 0.2) is 18.2 Å². The third-order valence-corrected chi connectivity index (χ3v) is 2.80.